The summed E-state index contributed by atoms with van der Waals surface area (Å²) in [5.74, 6) is 1.60. The Bertz CT molecular complexity index is 754. The van der Waals surface area contributed by atoms with E-state index < -0.39 is 0 Å². The molecule has 114 valence electrons. The van der Waals surface area contributed by atoms with Gasteiger partial charge in [0.15, 0.2) is 0 Å². The zero-order valence-electron chi connectivity index (χ0n) is 13.5. The summed E-state index contributed by atoms with van der Waals surface area (Å²) >= 11 is 0. The van der Waals surface area contributed by atoms with Crippen LogP contribution in [0.2, 0.25) is 0 Å². The van der Waals surface area contributed by atoms with Crippen LogP contribution in [0.5, 0.6) is 0 Å². The van der Waals surface area contributed by atoms with Crippen molar-refractivity contribution in [3.63, 3.8) is 0 Å². The van der Waals surface area contributed by atoms with Crippen molar-refractivity contribution in [1.29, 1.82) is 0 Å². The van der Waals surface area contributed by atoms with Crippen LogP contribution in [-0.2, 0) is 6.54 Å². The molecule has 1 aromatic heterocycles. The van der Waals surface area contributed by atoms with E-state index in [0.717, 1.165) is 30.1 Å². The summed E-state index contributed by atoms with van der Waals surface area (Å²) in [5, 5.41) is 3.46. The van der Waals surface area contributed by atoms with Crippen LogP contribution in [0, 0.1) is 12.8 Å². The van der Waals surface area contributed by atoms with Gasteiger partial charge in [0.1, 0.15) is 0 Å². The Morgan fingerprint density at radius 1 is 1.05 bits per heavy atom. The van der Waals surface area contributed by atoms with Gasteiger partial charge >= 0.3 is 0 Å². The average molecular weight is 293 g/mol. The molecule has 1 N–H and O–H groups in total. The summed E-state index contributed by atoms with van der Waals surface area (Å²) in [6.45, 7) is 7.59. The van der Waals surface area contributed by atoms with Gasteiger partial charge in [0, 0.05) is 12.2 Å². The highest BCUT2D eigenvalue weighted by Gasteiger charge is 2.11. The lowest BCUT2D eigenvalue weighted by Gasteiger charge is -2.12. The fourth-order valence-corrected chi connectivity index (χ4v) is 2.55. The van der Waals surface area contributed by atoms with Crippen molar-refractivity contribution >= 4 is 22.7 Å². The molecule has 0 saturated heterocycles. The first-order chi connectivity index (χ1) is 10.6. The predicted octanol–water partition coefficient (Wildman–Crippen LogP) is 5.13. The molecule has 1 heterocycles. The minimum atomic E-state index is 0.674. The molecule has 3 aromatic rings. The second kappa shape index (κ2) is 6.22. The van der Waals surface area contributed by atoms with E-state index in [1.54, 1.807) is 0 Å². The summed E-state index contributed by atoms with van der Waals surface area (Å²) in [4.78, 5) is 4.76. The molecule has 0 aliphatic carbocycles. The molecule has 0 fully saturated rings. The van der Waals surface area contributed by atoms with Crippen molar-refractivity contribution in [3.05, 3.63) is 54.1 Å². The Morgan fingerprint density at radius 3 is 2.50 bits per heavy atom. The highest BCUT2D eigenvalue weighted by atomic mass is 15.2. The number of aromatic nitrogens is 2. The van der Waals surface area contributed by atoms with Crippen LogP contribution in [0.4, 0.5) is 11.6 Å². The first kappa shape index (κ1) is 14.6. The largest absolute Gasteiger partial charge is 0.326 e. The van der Waals surface area contributed by atoms with Gasteiger partial charge in [-0.15, -0.1) is 0 Å². The van der Waals surface area contributed by atoms with Crippen LogP contribution in [-0.4, -0.2) is 9.55 Å². The lowest BCUT2D eigenvalue weighted by Crippen LogP contribution is -2.06. The van der Waals surface area contributed by atoms with E-state index in [-0.39, 0.29) is 0 Å². The van der Waals surface area contributed by atoms with E-state index in [9.17, 15) is 0 Å². The maximum Gasteiger partial charge on any atom is 0.208 e. The number of benzene rings is 2. The number of rotatable bonds is 5. The SMILES string of the molecule is Cc1ccc(Nc2nc3ccccc3n2CCC(C)C)cc1. The smallest absolute Gasteiger partial charge is 0.208 e. The van der Waals surface area contributed by atoms with Crippen molar-refractivity contribution in [1.82, 2.24) is 9.55 Å². The number of nitrogens with zero attached hydrogens (tertiary/aromatic N) is 2. The van der Waals surface area contributed by atoms with E-state index in [2.05, 4.69) is 73.1 Å². The lowest BCUT2D eigenvalue weighted by atomic mass is 10.1. The standard InChI is InChI=1S/C19H23N3/c1-14(2)12-13-22-18-7-5-4-6-17(18)21-19(22)20-16-10-8-15(3)9-11-16/h4-11,14H,12-13H2,1-3H3,(H,20,21). The normalized spacial score (nSPS) is 11.3. The predicted molar refractivity (Wildman–Crippen MR) is 93.6 cm³/mol. The van der Waals surface area contributed by atoms with Crippen LogP contribution in [0.25, 0.3) is 11.0 Å². The fourth-order valence-electron chi connectivity index (χ4n) is 2.55. The van der Waals surface area contributed by atoms with Gasteiger partial charge in [-0.25, -0.2) is 4.98 Å². The molecule has 0 saturated carbocycles. The molecule has 3 rings (SSSR count). The summed E-state index contributed by atoms with van der Waals surface area (Å²) in [7, 11) is 0. The number of para-hydroxylation sites is 2. The molecule has 0 spiro atoms. The number of hydrogen-bond acceptors (Lipinski definition) is 2. The van der Waals surface area contributed by atoms with Crippen molar-refractivity contribution in [2.75, 3.05) is 5.32 Å². The minimum Gasteiger partial charge on any atom is -0.326 e. The van der Waals surface area contributed by atoms with Gasteiger partial charge in [0.05, 0.1) is 11.0 Å². The maximum atomic E-state index is 4.76. The number of nitrogens with one attached hydrogen (secondary N) is 1. The molecule has 3 heteroatoms. The van der Waals surface area contributed by atoms with E-state index in [0.29, 0.717) is 5.92 Å². The average Bonchev–Trinajstić information content (AvgIpc) is 2.85. The molecule has 3 nitrogen and oxygen atoms in total. The Balaban J connectivity index is 1.96. The van der Waals surface area contributed by atoms with Crippen LogP contribution in [0.3, 0.4) is 0 Å². The fraction of sp³-hybridized carbons (Fsp3) is 0.316. The zero-order chi connectivity index (χ0) is 15.5. The third-order valence-corrected chi connectivity index (χ3v) is 3.89. The van der Waals surface area contributed by atoms with E-state index in [1.165, 1.54) is 11.1 Å². The van der Waals surface area contributed by atoms with Crippen LogP contribution >= 0.6 is 0 Å². The Morgan fingerprint density at radius 2 is 1.77 bits per heavy atom. The molecule has 2 aromatic carbocycles. The van der Waals surface area contributed by atoms with Crippen molar-refractivity contribution in [3.8, 4) is 0 Å². The van der Waals surface area contributed by atoms with Gasteiger partial charge in [-0.3, -0.25) is 0 Å². The summed E-state index contributed by atoms with van der Waals surface area (Å²) in [6, 6.07) is 16.8. The lowest BCUT2D eigenvalue weighted by molar-refractivity contribution is 0.526. The first-order valence-electron chi connectivity index (χ1n) is 7.92. The minimum absolute atomic E-state index is 0.674. The summed E-state index contributed by atoms with van der Waals surface area (Å²) < 4.78 is 2.29. The highest BCUT2D eigenvalue weighted by molar-refractivity contribution is 5.79. The number of fused-ring (bicyclic) bond motifs is 1. The quantitative estimate of drug-likeness (QED) is 0.706. The second-order valence-corrected chi connectivity index (χ2v) is 6.25. The summed E-state index contributed by atoms with van der Waals surface area (Å²) in [6.07, 6.45) is 1.14. The van der Waals surface area contributed by atoms with E-state index in [4.69, 9.17) is 4.98 Å². The van der Waals surface area contributed by atoms with Gasteiger partial charge in [-0.1, -0.05) is 43.7 Å². The topological polar surface area (TPSA) is 29.9 Å². The van der Waals surface area contributed by atoms with Gasteiger partial charge in [0.25, 0.3) is 0 Å². The van der Waals surface area contributed by atoms with Gasteiger partial charge in [0.2, 0.25) is 5.95 Å². The highest BCUT2D eigenvalue weighted by Crippen LogP contribution is 2.24. The van der Waals surface area contributed by atoms with Crippen LogP contribution < -0.4 is 5.32 Å². The van der Waals surface area contributed by atoms with Crippen LogP contribution in [0.1, 0.15) is 25.8 Å². The molecule has 0 atom stereocenters. The zero-order valence-corrected chi connectivity index (χ0v) is 13.5. The maximum absolute atomic E-state index is 4.76. The van der Waals surface area contributed by atoms with E-state index >= 15 is 0 Å². The molecule has 0 bridgehead atoms. The number of hydrogen-bond donors (Lipinski definition) is 1. The number of anilines is 2. The summed E-state index contributed by atoms with van der Waals surface area (Å²) in [5.41, 5.74) is 4.57. The van der Waals surface area contributed by atoms with Gasteiger partial charge in [-0.05, 0) is 43.5 Å². The number of imidazole rings is 1. The van der Waals surface area contributed by atoms with Gasteiger partial charge < -0.3 is 9.88 Å². The van der Waals surface area contributed by atoms with E-state index in [1.807, 2.05) is 6.07 Å². The molecule has 22 heavy (non-hydrogen) atoms. The third kappa shape index (κ3) is 3.14. The monoisotopic (exact) mass is 293 g/mol. The number of aryl methyl sites for hydroxylation is 2. The van der Waals surface area contributed by atoms with Crippen molar-refractivity contribution in [2.24, 2.45) is 5.92 Å². The Labute approximate surface area is 132 Å². The Hall–Kier alpha value is -2.29. The molecule has 0 amide bonds. The molecular weight excluding hydrogens is 270 g/mol. The molecule has 0 aliphatic rings. The molecule has 0 radical (unpaired) electrons. The van der Waals surface area contributed by atoms with Crippen molar-refractivity contribution in [2.45, 2.75) is 33.7 Å². The second-order valence-electron chi connectivity index (χ2n) is 6.25. The Kier molecular flexibility index (Phi) is 4.14. The van der Waals surface area contributed by atoms with Crippen molar-refractivity contribution < 1.29 is 0 Å². The molecule has 0 aliphatic heterocycles. The van der Waals surface area contributed by atoms with Crippen LogP contribution in [0.15, 0.2) is 48.5 Å². The first-order valence-corrected chi connectivity index (χ1v) is 7.92. The third-order valence-electron chi connectivity index (χ3n) is 3.89. The molecular formula is C19H23N3. The van der Waals surface area contributed by atoms with Gasteiger partial charge in [-0.2, -0.15) is 0 Å². The molecule has 0 unspecified atom stereocenters.